The number of ether oxygens (including phenoxy) is 3. The largest absolute Gasteiger partial charge is 0.465 e. The van der Waals surface area contributed by atoms with E-state index in [0.717, 1.165) is 12.5 Å². The first-order valence-electron chi connectivity index (χ1n) is 11.3. The van der Waals surface area contributed by atoms with Crippen molar-refractivity contribution in [2.24, 2.45) is 7.05 Å². The average molecular weight is 483 g/mol. The normalized spacial score (nSPS) is 13.7. The molecule has 1 saturated heterocycles. The minimum absolute atomic E-state index is 0.0859. The second-order valence-corrected chi connectivity index (χ2v) is 8.11. The van der Waals surface area contributed by atoms with E-state index in [-0.39, 0.29) is 28.5 Å². The molecule has 1 aromatic heterocycles. The van der Waals surface area contributed by atoms with Crippen molar-refractivity contribution in [3.8, 4) is 17.2 Å². The summed E-state index contributed by atoms with van der Waals surface area (Å²) in [5.41, 5.74) is 0.479. The zero-order chi connectivity index (χ0) is 24.9. The van der Waals surface area contributed by atoms with Gasteiger partial charge in [0.15, 0.2) is 23.7 Å². The van der Waals surface area contributed by atoms with Crippen LogP contribution in [0.15, 0.2) is 48.7 Å². The Bertz CT molecular complexity index is 1220. The van der Waals surface area contributed by atoms with Crippen LogP contribution in [0.4, 0.5) is 10.2 Å². The number of nitrogens with zero attached hydrogens (tertiary/aromatic N) is 3. The van der Waals surface area contributed by atoms with Gasteiger partial charge in [-0.15, -0.1) is 0 Å². The van der Waals surface area contributed by atoms with Gasteiger partial charge in [0.05, 0.1) is 0 Å². The number of aromatic nitrogens is 2. The van der Waals surface area contributed by atoms with Gasteiger partial charge in [-0.3, -0.25) is 14.3 Å². The maximum absolute atomic E-state index is 14.8. The third kappa shape index (κ3) is 5.78. The lowest BCUT2D eigenvalue weighted by molar-refractivity contribution is -0.0549. The SMILES string of the molecule is CCC(OC)Oc1cc(Oc2ccc(C(=O)N3CCC3)cc2F)cc(C(=O)Nc2ccn(C)n2)c1. The van der Waals surface area contributed by atoms with Gasteiger partial charge in [-0.1, -0.05) is 6.92 Å². The summed E-state index contributed by atoms with van der Waals surface area (Å²) in [5.74, 6) is -0.560. The van der Waals surface area contributed by atoms with Crippen LogP contribution in [0.3, 0.4) is 0 Å². The number of hydrogen-bond acceptors (Lipinski definition) is 6. The number of carbonyl (C=O) groups is 2. The van der Waals surface area contributed by atoms with E-state index in [1.165, 1.54) is 37.4 Å². The number of amides is 2. The fraction of sp³-hybridized carbons (Fsp3) is 0.320. The van der Waals surface area contributed by atoms with E-state index < -0.39 is 18.0 Å². The summed E-state index contributed by atoms with van der Waals surface area (Å²) in [6.07, 6.45) is 2.68. The Labute approximate surface area is 202 Å². The molecule has 4 rings (SSSR count). The van der Waals surface area contributed by atoms with Crippen LogP contribution in [0.5, 0.6) is 17.2 Å². The van der Waals surface area contributed by atoms with Crippen molar-refractivity contribution in [1.29, 1.82) is 0 Å². The van der Waals surface area contributed by atoms with E-state index in [2.05, 4.69) is 10.4 Å². The van der Waals surface area contributed by atoms with Gasteiger partial charge < -0.3 is 24.4 Å². The van der Waals surface area contributed by atoms with Gasteiger partial charge in [0.25, 0.3) is 11.8 Å². The number of likely N-dealkylation sites (tertiary alicyclic amines) is 1. The van der Waals surface area contributed by atoms with Crippen molar-refractivity contribution in [3.63, 3.8) is 0 Å². The number of nitrogens with one attached hydrogen (secondary N) is 1. The standard InChI is InChI=1S/C25H27FN4O5/c1-4-23(33-3)35-19-13-17(24(31)27-22-8-11-29(2)28-22)12-18(15-19)34-21-7-6-16(14-20(21)26)25(32)30-9-5-10-30/h6-8,11-15,23H,4-5,9-10H2,1-3H3,(H,27,28,31). The molecule has 0 saturated carbocycles. The Morgan fingerprint density at radius 1 is 1.11 bits per heavy atom. The van der Waals surface area contributed by atoms with Gasteiger partial charge in [-0.25, -0.2) is 4.39 Å². The van der Waals surface area contributed by atoms with Crippen molar-refractivity contribution >= 4 is 17.6 Å². The highest BCUT2D eigenvalue weighted by atomic mass is 19.1. The number of aryl methyl sites for hydroxylation is 1. The first kappa shape index (κ1) is 24.2. The Kier molecular flexibility index (Phi) is 7.31. The predicted molar refractivity (Wildman–Crippen MR) is 126 cm³/mol. The molecule has 1 aliphatic rings. The summed E-state index contributed by atoms with van der Waals surface area (Å²) in [6.45, 7) is 3.24. The molecule has 2 heterocycles. The van der Waals surface area contributed by atoms with E-state index in [4.69, 9.17) is 14.2 Å². The van der Waals surface area contributed by atoms with Crippen LogP contribution >= 0.6 is 0 Å². The zero-order valence-corrected chi connectivity index (χ0v) is 19.8. The lowest BCUT2D eigenvalue weighted by Crippen LogP contribution is -2.42. The highest BCUT2D eigenvalue weighted by molar-refractivity contribution is 6.04. The first-order chi connectivity index (χ1) is 16.9. The average Bonchev–Trinajstić information content (AvgIpc) is 3.21. The molecule has 9 nitrogen and oxygen atoms in total. The summed E-state index contributed by atoms with van der Waals surface area (Å²) < 4.78 is 33.2. The summed E-state index contributed by atoms with van der Waals surface area (Å²) in [5, 5.41) is 6.84. The molecule has 1 unspecified atom stereocenters. The molecule has 1 aliphatic heterocycles. The molecule has 0 aliphatic carbocycles. The highest BCUT2D eigenvalue weighted by Gasteiger charge is 2.23. The molecule has 2 amide bonds. The zero-order valence-electron chi connectivity index (χ0n) is 19.8. The maximum Gasteiger partial charge on any atom is 0.257 e. The van der Waals surface area contributed by atoms with E-state index in [9.17, 15) is 14.0 Å². The number of halogens is 1. The number of methoxy groups -OCH3 is 1. The topological polar surface area (TPSA) is 94.9 Å². The number of carbonyl (C=O) groups excluding carboxylic acids is 2. The van der Waals surface area contributed by atoms with Gasteiger partial charge in [0, 0.05) is 63.1 Å². The molecular formula is C25H27FN4O5. The second-order valence-electron chi connectivity index (χ2n) is 8.11. The van der Waals surface area contributed by atoms with Crippen molar-refractivity contribution < 1.29 is 28.2 Å². The van der Waals surface area contributed by atoms with Gasteiger partial charge >= 0.3 is 0 Å². The maximum atomic E-state index is 14.8. The molecule has 2 aromatic carbocycles. The second kappa shape index (κ2) is 10.6. The number of anilines is 1. The minimum atomic E-state index is -0.689. The number of hydrogen-bond donors (Lipinski definition) is 1. The Hall–Kier alpha value is -3.92. The van der Waals surface area contributed by atoms with Crippen LogP contribution < -0.4 is 14.8 Å². The lowest BCUT2D eigenvalue weighted by atomic mass is 10.1. The van der Waals surface area contributed by atoms with Gasteiger partial charge in [-0.2, -0.15) is 5.10 Å². The smallest absolute Gasteiger partial charge is 0.257 e. The molecule has 0 radical (unpaired) electrons. The quantitative estimate of drug-likeness (QED) is 0.459. The molecule has 1 fully saturated rings. The highest BCUT2D eigenvalue weighted by Crippen LogP contribution is 2.31. The summed E-state index contributed by atoms with van der Waals surface area (Å²) in [7, 11) is 3.25. The molecule has 184 valence electrons. The molecule has 0 spiro atoms. The van der Waals surface area contributed by atoms with Crippen molar-refractivity contribution in [1.82, 2.24) is 14.7 Å². The summed E-state index contributed by atoms with van der Waals surface area (Å²) in [4.78, 5) is 26.9. The number of rotatable bonds is 9. The van der Waals surface area contributed by atoms with Crippen molar-refractivity contribution in [2.45, 2.75) is 26.1 Å². The van der Waals surface area contributed by atoms with Crippen LogP contribution in [-0.2, 0) is 11.8 Å². The molecule has 3 aromatic rings. The Balaban J connectivity index is 1.59. The van der Waals surface area contributed by atoms with E-state index >= 15 is 0 Å². The third-order valence-electron chi connectivity index (χ3n) is 5.51. The van der Waals surface area contributed by atoms with E-state index in [1.54, 1.807) is 28.9 Å². The first-order valence-corrected chi connectivity index (χ1v) is 11.3. The molecule has 1 N–H and O–H groups in total. The summed E-state index contributed by atoms with van der Waals surface area (Å²) >= 11 is 0. The fourth-order valence-corrected chi connectivity index (χ4v) is 3.50. The van der Waals surface area contributed by atoms with Crippen molar-refractivity contribution in [3.05, 3.63) is 65.6 Å². The fourth-order valence-electron chi connectivity index (χ4n) is 3.50. The summed E-state index contributed by atoms with van der Waals surface area (Å²) in [6, 6.07) is 10.3. The van der Waals surface area contributed by atoms with Crippen LogP contribution in [0.1, 0.15) is 40.5 Å². The van der Waals surface area contributed by atoms with Crippen LogP contribution in [-0.4, -0.2) is 53.0 Å². The third-order valence-corrected chi connectivity index (χ3v) is 5.51. The monoisotopic (exact) mass is 482 g/mol. The molecule has 0 bridgehead atoms. The van der Waals surface area contributed by atoms with Gasteiger partial charge in [0.2, 0.25) is 0 Å². The van der Waals surface area contributed by atoms with E-state index in [1.807, 2.05) is 6.92 Å². The van der Waals surface area contributed by atoms with Crippen molar-refractivity contribution in [2.75, 3.05) is 25.5 Å². The molecular weight excluding hydrogens is 455 g/mol. The van der Waals surface area contributed by atoms with Gasteiger partial charge in [-0.05, 0) is 36.8 Å². The van der Waals surface area contributed by atoms with E-state index in [0.29, 0.717) is 31.1 Å². The number of benzene rings is 2. The van der Waals surface area contributed by atoms with Crippen LogP contribution in [0.2, 0.25) is 0 Å². The Morgan fingerprint density at radius 3 is 2.49 bits per heavy atom. The lowest BCUT2D eigenvalue weighted by Gasteiger charge is -2.30. The van der Waals surface area contributed by atoms with Crippen LogP contribution in [0.25, 0.3) is 0 Å². The molecule has 35 heavy (non-hydrogen) atoms. The molecule has 1 atom stereocenters. The minimum Gasteiger partial charge on any atom is -0.465 e. The molecule has 10 heteroatoms. The Morgan fingerprint density at radius 2 is 1.89 bits per heavy atom. The predicted octanol–water partition coefficient (Wildman–Crippen LogP) is 4.21. The van der Waals surface area contributed by atoms with Crippen LogP contribution in [0, 0.1) is 5.82 Å². The van der Waals surface area contributed by atoms with Gasteiger partial charge in [0.1, 0.15) is 11.5 Å².